The number of carbonyl (C=O) groups excluding carboxylic acids is 2. The molecule has 1 aliphatic rings. The first-order valence-corrected chi connectivity index (χ1v) is 13.0. The lowest BCUT2D eigenvalue weighted by Gasteiger charge is -2.35. The highest BCUT2D eigenvalue weighted by Crippen LogP contribution is 2.38. The Hall–Kier alpha value is -1.94. The van der Waals surface area contributed by atoms with Crippen LogP contribution in [0, 0.1) is 0 Å². The summed E-state index contributed by atoms with van der Waals surface area (Å²) in [4.78, 5) is 28.3. The Bertz CT molecular complexity index is 850. The Morgan fingerprint density at radius 3 is 2.15 bits per heavy atom. The van der Waals surface area contributed by atoms with Crippen LogP contribution in [0.25, 0.3) is 0 Å². The molecule has 0 saturated heterocycles. The summed E-state index contributed by atoms with van der Waals surface area (Å²) in [6.07, 6.45) is 2.63. The average Bonchev–Trinajstić information content (AvgIpc) is 3.47. The molecule has 2 aromatic rings. The first-order chi connectivity index (χ1) is 15.6. The van der Waals surface area contributed by atoms with Crippen molar-refractivity contribution in [2.45, 2.75) is 69.8 Å². The van der Waals surface area contributed by atoms with Crippen LogP contribution in [0.4, 0.5) is 4.79 Å². The maximum absolute atomic E-state index is 13.1. The standard InChI is InChI=1S/C24H34N2O5S2/c1-23(2,3)31-22(28)25-13-14-26(4)17-9-11-18(12-10-17)30-21(27)24(29,19-7-5-15-32-19)20-8-6-16-33-20/h5-8,15-18,29H,9-14H2,1-4H3,(H,25,28)/t17-,18-. The maximum Gasteiger partial charge on any atom is 0.407 e. The predicted molar refractivity (Wildman–Crippen MR) is 131 cm³/mol. The second-order valence-electron chi connectivity index (χ2n) is 9.41. The lowest BCUT2D eigenvalue weighted by atomic mass is 9.91. The van der Waals surface area contributed by atoms with E-state index in [4.69, 9.17) is 9.47 Å². The smallest absolute Gasteiger partial charge is 0.407 e. The molecule has 2 heterocycles. The third kappa shape index (κ3) is 6.79. The zero-order chi connectivity index (χ0) is 24.1. The molecule has 0 unspecified atom stereocenters. The van der Waals surface area contributed by atoms with E-state index in [1.54, 1.807) is 12.1 Å². The van der Waals surface area contributed by atoms with Crippen LogP contribution < -0.4 is 5.32 Å². The minimum Gasteiger partial charge on any atom is -0.460 e. The summed E-state index contributed by atoms with van der Waals surface area (Å²) in [5.74, 6) is -0.606. The van der Waals surface area contributed by atoms with Gasteiger partial charge in [0.1, 0.15) is 11.7 Å². The molecule has 0 bridgehead atoms. The van der Waals surface area contributed by atoms with E-state index in [1.807, 2.05) is 50.7 Å². The lowest BCUT2D eigenvalue weighted by Crippen LogP contribution is -2.44. The van der Waals surface area contributed by atoms with Gasteiger partial charge in [-0.25, -0.2) is 9.59 Å². The van der Waals surface area contributed by atoms with E-state index < -0.39 is 23.3 Å². The lowest BCUT2D eigenvalue weighted by molar-refractivity contribution is -0.169. The molecule has 9 heteroatoms. The number of nitrogens with one attached hydrogen (secondary N) is 1. The van der Waals surface area contributed by atoms with Crippen LogP contribution in [0.5, 0.6) is 0 Å². The molecular weight excluding hydrogens is 460 g/mol. The van der Waals surface area contributed by atoms with Crippen molar-refractivity contribution in [3.63, 3.8) is 0 Å². The van der Waals surface area contributed by atoms with Gasteiger partial charge in [-0.15, -0.1) is 22.7 Å². The zero-order valence-electron chi connectivity index (χ0n) is 19.7. The van der Waals surface area contributed by atoms with Gasteiger partial charge in [0.15, 0.2) is 0 Å². The topological polar surface area (TPSA) is 88.1 Å². The first kappa shape index (κ1) is 25.7. The third-order valence-corrected chi connectivity index (χ3v) is 7.68. The normalized spacial score (nSPS) is 19.3. The van der Waals surface area contributed by atoms with Crippen LogP contribution in [0.3, 0.4) is 0 Å². The van der Waals surface area contributed by atoms with Crippen LogP contribution in [0.15, 0.2) is 35.0 Å². The summed E-state index contributed by atoms with van der Waals surface area (Å²) in [6.45, 7) is 6.74. The molecule has 33 heavy (non-hydrogen) atoms. The number of aliphatic hydroxyl groups is 1. The van der Waals surface area contributed by atoms with Gasteiger partial charge < -0.3 is 24.8 Å². The van der Waals surface area contributed by atoms with E-state index in [1.165, 1.54) is 22.7 Å². The fraction of sp³-hybridized carbons (Fsp3) is 0.583. The van der Waals surface area contributed by atoms with E-state index in [0.29, 0.717) is 28.9 Å². The molecule has 2 aromatic heterocycles. The zero-order valence-corrected chi connectivity index (χ0v) is 21.3. The molecule has 7 nitrogen and oxygen atoms in total. The molecular formula is C24H34N2O5S2. The minimum absolute atomic E-state index is 0.214. The highest BCUT2D eigenvalue weighted by Gasteiger charge is 2.45. The van der Waals surface area contributed by atoms with Gasteiger partial charge in [-0.3, -0.25) is 0 Å². The highest BCUT2D eigenvalue weighted by atomic mass is 32.1. The van der Waals surface area contributed by atoms with Crippen molar-refractivity contribution in [3.05, 3.63) is 44.8 Å². The van der Waals surface area contributed by atoms with Crippen molar-refractivity contribution in [1.29, 1.82) is 0 Å². The van der Waals surface area contributed by atoms with Crippen molar-refractivity contribution in [3.8, 4) is 0 Å². The van der Waals surface area contributed by atoms with E-state index in [2.05, 4.69) is 10.2 Å². The number of carbonyl (C=O) groups is 2. The Labute approximate surface area is 203 Å². The summed E-state index contributed by atoms with van der Waals surface area (Å²) in [5.41, 5.74) is -2.27. The van der Waals surface area contributed by atoms with E-state index in [9.17, 15) is 14.7 Å². The quantitative estimate of drug-likeness (QED) is 0.531. The van der Waals surface area contributed by atoms with Gasteiger partial charge in [-0.2, -0.15) is 0 Å². The summed E-state index contributed by atoms with van der Waals surface area (Å²) in [5, 5.41) is 17.9. The van der Waals surface area contributed by atoms with Crippen molar-refractivity contribution < 1.29 is 24.2 Å². The highest BCUT2D eigenvalue weighted by molar-refractivity contribution is 7.12. The predicted octanol–water partition coefficient (Wildman–Crippen LogP) is 4.36. The summed E-state index contributed by atoms with van der Waals surface area (Å²) in [7, 11) is 2.04. The number of alkyl carbamates (subject to hydrolysis) is 1. The van der Waals surface area contributed by atoms with E-state index >= 15 is 0 Å². The molecule has 0 aromatic carbocycles. The second kappa shape index (κ2) is 11.0. The monoisotopic (exact) mass is 494 g/mol. The number of likely N-dealkylation sites (N-methyl/N-ethyl adjacent to an activating group) is 1. The van der Waals surface area contributed by atoms with Crippen LogP contribution in [-0.2, 0) is 19.9 Å². The van der Waals surface area contributed by atoms with Crippen LogP contribution >= 0.6 is 22.7 Å². The molecule has 1 saturated carbocycles. The van der Waals surface area contributed by atoms with Crippen LogP contribution in [-0.4, -0.2) is 60.0 Å². The molecule has 0 spiro atoms. The molecule has 2 N–H and O–H groups in total. The maximum atomic E-state index is 13.1. The van der Waals surface area contributed by atoms with Crippen molar-refractivity contribution >= 4 is 34.7 Å². The Morgan fingerprint density at radius 1 is 1.09 bits per heavy atom. The van der Waals surface area contributed by atoms with Crippen LogP contribution in [0.2, 0.25) is 0 Å². The Morgan fingerprint density at radius 2 is 1.67 bits per heavy atom. The summed E-state index contributed by atoms with van der Waals surface area (Å²) < 4.78 is 11.1. The van der Waals surface area contributed by atoms with Gasteiger partial charge in [0, 0.05) is 19.1 Å². The van der Waals surface area contributed by atoms with Crippen molar-refractivity contribution in [2.75, 3.05) is 20.1 Å². The molecule has 0 radical (unpaired) electrons. The number of amides is 1. The Balaban J connectivity index is 1.48. The number of rotatable bonds is 8. The van der Waals surface area contributed by atoms with E-state index in [-0.39, 0.29) is 6.10 Å². The fourth-order valence-electron chi connectivity index (χ4n) is 3.96. The van der Waals surface area contributed by atoms with E-state index in [0.717, 1.165) is 25.7 Å². The summed E-state index contributed by atoms with van der Waals surface area (Å²) in [6, 6.07) is 7.54. The minimum atomic E-state index is -1.76. The largest absolute Gasteiger partial charge is 0.460 e. The number of hydrogen-bond acceptors (Lipinski definition) is 8. The number of nitrogens with zero attached hydrogens (tertiary/aromatic N) is 1. The second-order valence-corrected chi connectivity index (χ2v) is 11.3. The number of hydrogen-bond donors (Lipinski definition) is 2. The molecule has 1 fully saturated rings. The molecule has 0 aliphatic heterocycles. The van der Waals surface area contributed by atoms with Gasteiger partial charge in [0.25, 0.3) is 0 Å². The third-order valence-electron chi connectivity index (χ3n) is 5.72. The van der Waals surface area contributed by atoms with Gasteiger partial charge in [0.2, 0.25) is 5.60 Å². The molecule has 182 valence electrons. The number of thiophene rings is 2. The van der Waals surface area contributed by atoms with Gasteiger partial charge in [0.05, 0.1) is 9.75 Å². The van der Waals surface area contributed by atoms with Crippen molar-refractivity contribution in [2.24, 2.45) is 0 Å². The van der Waals surface area contributed by atoms with Gasteiger partial charge in [-0.1, -0.05) is 12.1 Å². The average molecular weight is 495 g/mol. The molecule has 1 aliphatic carbocycles. The summed E-state index contributed by atoms with van der Waals surface area (Å²) >= 11 is 2.69. The Kier molecular flexibility index (Phi) is 8.55. The first-order valence-electron chi connectivity index (χ1n) is 11.3. The molecule has 3 rings (SSSR count). The molecule has 1 amide bonds. The fourth-order valence-corrected chi connectivity index (χ4v) is 5.68. The van der Waals surface area contributed by atoms with Gasteiger partial charge in [-0.05, 0) is 76.4 Å². The van der Waals surface area contributed by atoms with Crippen molar-refractivity contribution in [1.82, 2.24) is 10.2 Å². The molecule has 0 atom stereocenters. The number of ether oxygens (including phenoxy) is 2. The SMILES string of the molecule is CN(CCNC(=O)OC(C)(C)C)[C@H]1CC[C@H](OC(=O)C(O)(c2cccs2)c2cccs2)CC1. The van der Waals surface area contributed by atoms with Crippen LogP contribution in [0.1, 0.15) is 56.2 Å². The van der Waals surface area contributed by atoms with Gasteiger partial charge >= 0.3 is 12.1 Å². The number of esters is 1.